The summed E-state index contributed by atoms with van der Waals surface area (Å²) in [5, 5.41) is 13.0. The lowest BCUT2D eigenvalue weighted by Crippen LogP contribution is -2.39. The van der Waals surface area contributed by atoms with E-state index in [9.17, 15) is 18.3 Å². The highest BCUT2D eigenvalue weighted by Gasteiger charge is 2.23. The number of nitrogens with one attached hydrogen (secondary N) is 2. The molecule has 282 valence electrons. The van der Waals surface area contributed by atoms with Crippen molar-refractivity contribution in [2.75, 3.05) is 17.9 Å². The molecule has 0 aliphatic carbocycles. The van der Waals surface area contributed by atoms with Crippen LogP contribution in [0.5, 0.6) is 5.88 Å². The molecule has 0 spiro atoms. The molecule has 0 bridgehead atoms. The zero-order chi connectivity index (χ0) is 37.0. The van der Waals surface area contributed by atoms with Gasteiger partial charge >= 0.3 is 5.97 Å². The number of carboxylic acid groups (broad SMARTS) is 1. The fourth-order valence-electron chi connectivity index (χ4n) is 6.59. The molecule has 3 aromatic heterocycles. The normalized spacial score (nSPS) is 15.2. The molecule has 2 atom stereocenters. The first kappa shape index (κ1) is 39.6. The molecule has 1 aliphatic heterocycles. The largest absolute Gasteiger partial charge is 0.478 e. The Morgan fingerprint density at radius 2 is 1.81 bits per heavy atom. The lowest BCUT2D eigenvalue weighted by molar-refractivity contribution is 0.00183. The van der Waals surface area contributed by atoms with Gasteiger partial charge in [0.15, 0.2) is 5.65 Å². The van der Waals surface area contributed by atoms with Crippen LogP contribution in [0.4, 0.5) is 5.95 Å². The molecular formula is C38H46ClN7O6S. The summed E-state index contributed by atoms with van der Waals surface area (Å²) in [6.45, 7) is 9.57. The summed E-state index contributed by atoms with van der Waals surface area (Å²) in [5.41, 5.74) is 6.67. The van der Waals surface area contributed by atoms with Crippen molar-refractivity contribution in [1.82, 2.24) is 29.8 Å². The molecular weight excluding hydrogens is 718 g/mol. The summed E-state index contributed by atoms with van der Waals surface area (Å²) in [6.07, 6.45) is 5.62. The van der Waals surface area contributed by atoms with Crippen molar-refractivity contribution in [3.05, 3.63) is 88.9 Å². The first-order valence-electron chi connectivity index (χ1n) is 17.5. The predicted molar refractivity (Wildman–Crippen MR) is 205 cm³/mol. The molecule has 15 heteroatoms. The number of hydrogen-bond acceptors (Lipinski definition) is 10. The van der Waals surface area contributed by atoms with E-state index in [4.69, 9.17) is 14.5 Å². The van der Waals surface area contributed by atoms with Crippen LogP contribution < -0.4 is 14.8 Å². The Morgan fingerprint density at radius 1 is 1.06 bits per heavy atom. The second kappa shape index (κ2) is 17.0. The first-order valence-corrected chi connectivity index (χ1v) is 19.0. The van der Waals surface area contributed by atoms with Gasteiger partial charge in [0, 0.05) is 43.6 Å². The van der Waals surface area contributed by atoms with Gasteiger partial charge < -0.3 is 24.5 Å². The van der Waals surface area contributed by atoms with Crippen molar-refractivity contribution in [1.29, 1.82) is 0 Å². The number of benzene rings is 2. The highest BCUT2D eigenvalue weighted by molar-refractivity contribution is 7.92. The van der Waals surface area contributed by atoms with E-state index in [2.05, 4.69) is 49.5 Å². The van der Waals surface area contributed by atoms with E-state index >= 15 is 0 Å². The Kier molecular flexibility index (Phi) is 12.7. The predicted octanol–water partition coefficient (Wildman–Crippen LogP) is 6.58. The van der Waals surface area contributed by atoms with Crippen molar-refractivity contribution in [2.24, 2.45) is 7.05 Å². The number of halogens is 1. The zero-order valence-electron chi connectivity index (χ0n) is 30.5. The van der Waals surface area contributed by atoms with Crippen LogP contribution in [0.3, 0.4) is 0 Å². The van der Waals surface area contributed by atoms with Gasteiger partial charge in [-0.2, -0.15) is 4.98 Å². The van der Waals surface area contributed by atoms with Gasteiger partial charge in [0.1, 0.15) is 12.1 Å². The maximum Gasteiger partial charge on any atom is 0.335 e. The van der Waals surface area contributed by atoms with Gasteiger partial charge in [0.2, 0.25) is 11.8 Å². The quantitative estimate of drug-likeness (QED) is 0.112. The van der Waals surface area contributed by atoms with Crippen LogP contribution in [0.1, 0.15) is 78.3 Å². The van der Waals surface area contributed by atoms with Crippen LogP contribution >= 0.6 is 12.4 Å². The highest BCUT2D eigenvalue weighted by Crippen LogP contribution is 2.30. The van der Waals surface area contributed by atoms with Crippen LogP contribution in [0.25, 0.3) is 22.4 Å². The van der Waals surface area contributed by atoms with E-state index in [0.29, 0.717) is 24.6 Å². The Balaban J connectivity index is 0.00000541. The number of hydrogen-bond donors (Lipinski definition) is 3. The van der Waals surface area contributed by atoms with Gasteiger partial charge in [-0.25, -0.2) is 27.9 Å². The van der Waals surface area contributed by atoms with Crippen LogP contribution in [-0.2, 0) is 28.4 Å². The number of rotatable bonds is 14. The van der Waals surface area contributed by atoms with Crippen LogP contribution in [0.2, 0.25) is 0 Å². The molecule has 5 aromatic rings. The van der Waals surface area contributed by atoms with Gasteiger partial charge in [-0.15, -0.1) is 12.4 Å². The number of aromatic carboxylic acids is 1. The van der Waals surface area contributed by atoms with Gasteiger partial charge in [-0.1, -0.05) is 38.1 Å². The van der Waals surface area contributed by atoms with Crippen molar-refractivity contribution >= 4 is 45.5 Å². The third-order valence-electron chi connectivity index (χ3n) is 9.29. The summed E-state index contributed by atoms with van der Waals surface area (Å²) in [6, 6.07) is 14.6. The summed E-state index contributed by atoms with van der Waals surface area (Å²) >= 11 is 0. The van der Waals surface area contributed by atoms with Gasteiger partial charge in [-0.3, -0.25) is 4.98 Å². The number of carbonyl (C=O) groups is 1. The third-order valence-corrected chi connectivity index (χ3v) is 10.6. The molecule has 53 heavy (non-hydrogen) atoms. The molecule has 1 saturated heterocycles. The smallest absolute Gasteiger partial charge is 0.335 e. The molecule has 4 heterocycles. The lowest BCUT2D eigenvalue weighted by atomic mass is 10.00. The minimum Gasteiger partial charge on any atom is -0.478 e. The fraction of sp³-hybridized carbons (Fsp3) is 0.395. The number of ether oxygens (including phenoxy) is 2. The molecule has 6 rings (SSSR count). The highest BCUT2D eigenvalue weighted by atomic mass is 35.5. The van der Waals surface area contributed by atoms with Crippen LogP contribution in [-0.4, -0.2) is 69.4 Å². The van der Waals surface area contributed by atoms with E-state index < -0.39 is 16.0 Å². The number of fused-ring (bicyclic) bond motifs is 1. The standard InChI is InChI=1S/C38H45N7O6S.ClH/c1-23(2)33-18-32-36(45(33)5)41-28(21-40-32)20-39-27(17-29-13-6-7-15-50-29)22-51-34-19-31(35-24(3)10-8-11-25(35)4)42-38(43-34)44-52(48,49)30-14-9-12-26(16-30)37(46)47;/h8-12,14,16,18-19,21,23,27,29,39H,6-7,13,15,17,20,22H2,1-5H3,(H,46,47)(H,42,43,44);1H/t27-,29+;/m1./s1. The number of carboxylic acids is 1. The Morgan fingerprint density at radius 3 is 2.51 bits per heavy atom. The molecule has 1 aliphatic rings. The van der Waals surface area contributed by atoms with Crippen molar-refractivity contribution in [3.8, 4) is 17.1 Å². The molecule has 1 fully saturated rings. The maximum atomic E-state index is 13.5. The molecule has 0 amide bonds. The summed E-state index contributed by atoms with van der Waals surface area (Å²) in [4.78, 5) is 29.9. The molecule has 3 N–H and O–H groups in total. The molecule has 0 radical (unpaired) electrons. The fourth-order valence-corrected chi connectivity index (χ4v) is 7.58. The maximum absolute atomic E-state index is 13.5. The molecule has 2 aromatic carbocycles. The summed E-state index contributed by atoms with van der Waals surface area (Å²) in [7, 11) is -2.24. The van der Waals surface area contributed by atoms with Gasteiger partial charge in [0.05, 0.1) is 34.1 Å². The lowest BCUT2D eigenvalue weighted by Gasteiger charge is -2.27. The first-order chi connectivity index (χ1) is 24.9. The number of nitrogens with zero attached hydrogens (tertiary/aromatic N) is 5. The average Bonchev–Trinajstić information content (AvgIpc) is 3.45. The Bertz CT molecular complexity index is 2170. The number of aromatic nitrogens is 5. The van der Waals surface area contributed by atoms with Crippen LogP contribution in [0, 0.1) is 13.8 Å². The number of anilines is 1. The van der Waals surface area contributed by atoms with Crippen molar-refractivity contribution in [2.45, 2.75) is 82.9 Å². The monoisotopic (exact) mass is 763 g/mol. The molecule has 0 unspecified atom stereocenters. The molecule has 0 saturated carbocycles. The topological polar surface area (TPSA) is 170 Å². The van der Waals surface area contributed by atoms with Crippen LogP contribution in [0.15, 0.2) is 65.7 Å². The minimum absolute atomic E-state index is 0. The SMILES string of the molecule is Cc1cccc(C)c1-c1cc(OC[C@@H](C[C@@H]2CCCCO2)NCc2cnc3cc(C(C)C)n(C)c3n2)nc(NS(=O)(=O)c2cccc(C(=O)O)c2)n1.Cl. The van der Waals surface area contributed by atoms with Gasteiger partial charge in [-0.05, 0) is 80.8 Å². The number of aryl methyl sites for hydroxylation is 3. The van der Waals surface area contributed by atoms with E-state index in [-0.39, 0.29) is 53.4 Å². The van der Waals surface area contributed by atoms with E-state index in [1.807, 2.05) is 39.1 Å². The molecule has 13 nitrogen and oxygen atoms in total. The Labute approximate surface area is 316 Å². The minimum atomic E-state index is -4.25. The van der Waals surface area contributed by atoms with Gasteiger partial charge in [0.25, 0.3) is 10.0 Å². The second-order valence-corrected chi connectivity index (χ2v) is 15.3. The second-order valence-electron chi connectivity index (χ2n) is 13.6. The third kappa shape index (κ3) is 9.49. The van der Waals surface area contributed by atoms with Crippen molar-refractivity contribution < 1.29 is 27.8 Å². The zero-order valence-corrected chi connectivity index (χ0v) is 32.1. The average molecular weight is 764 g/mol. The Hall–Kier alpha value is -4.63. The van der Waals surface area contributed by atoms with E-state index in [0.717, 1.165) is 65.5 Å². The summed E-state index contributed by atoms with van der Waals surface area (Å²) < 4.78 is 43.9. The number of sulfonamides is 1. The van der Waals surface area contributed by atoms with Crippen molar-refractivity contribution in [3.63, 3.8) is 0 Å². The van der Waals surface area contributed by atoms with E-state index in [1.54, 1.807) is 12.3 Å². The van der Waals surface area contributed by atoms with E-state index in [1.165, 1.54) is 23.9 Å². The summed E-state index contributed by atoms with van der Waals surface area (Å²) in [5.74, 6) is -0.929.